The van der Waals surface area contributed by atoms with E-state index in [0.29, 0.717) is 22.8 Å². The number of halogens is 1. The Hall–Kier alpha value is -4.48. The lowest BCUT2D eigenvalue weighted by atomic mass is 10.0. The summed E-state index contributed by atoms with van der Waals surface area (Å²) in [5.41, 5.74) is 6.89. The number of azo groups is 1. The van der Waals surface area contributed by atoms with Crippen molar-refractivity contribution in [3.8, 4) is 11.1 Å². The van der Waals surface area contributed by atoms with Crippen LogP contribution in [0.5, 0.6) is 0 Å². The monoisotopic (exact) mass is 502 g/mol. The molecule has 0 saturated heterocycles. The van der Waals surface area contributed by atoms with E-state index in [2.05, 4.69) is 20.9 Å². The molecule has 180 valence electrons. The zero-order valence-electron chi connectivity index (χ0n) is 20.0. The molecule has 37 heavy (non-hydrogen) atoms. The molecular weight excluding hydrogens is 480 g/mol. The van der Waals surface area contributed by atoms with Crippen molar-refractivity contribution in [2.45, 2.75) is 13.1 Å². The molecular formula is C31H23ClN4O. The second-order valence-electron chi connectivity index (χ2n) is 8.89. The van der Waals surface area contributed by atoms with E-state index < -0.39 is 0 Å². The molecule has 6 rings (SSSR count). The van der Waals surface area contributed by atoms with Gasteiger partial charge in [0.1, 0.15) is 0 Å². The minimum atomic E-state index is -0.148. The first-order chi connectivity index (χ1) is 18.2. The quantitative estimate of drug-likeness (QED) is 0.227. The Labute approximate surface area is 220 Å². The molecule has 0 radical (unpaired) electrons. The fraction of sp³-hybridized carbons (Fsp3) is 0.0645. The van der Waals surface area contributed by atoms with E-state index in [9.17, 15) is 4.79 Å². The number of carbonyl (C=O) groups excluding carboxylic acids is 1. The average molecular weight is 503 g/mol. The third-order valence-electron chi connectivity index (χ3n) is 6.56. The van der Waals surface area contributed by atoms with Gasteiger partial charge in [-0.1, -0.05) is 78.3 Å². The predicted molar refractivity (Wildman–Crippen MR) is 148 cm³/mol. The SMILES string of the molecule is O=C(c1ccc(/N=N/c2ccccc2-c2ccccc2)cc1Cl)N1Cc2cccn2Cc2ccccc21. The van der Waals surface area contributed by atoms with Crippen LogP contribution in [0.4, 0.5) is 17.1 Å². The van der Waals surface area contributed by atoms with Gasteiger partial charge in [0.05, 0.1) is 28.5 Å². The van der Waals surface area contributed by atoms with Gasteiger partial charge < -0.3 is 9.47 Å². The number of amides is 1. The molecule has 0 aliphatic carbocycles. The molecule has 1 amide bonds. The molecule has 0 unspecified atom stereocenters. The normalized spacial score (nSPS) is 12.7. The van der Waals surface area contributed by atoms with E-state index in [1.807, 2.05) is 91.1 Å². The Balaban J connectivity index is 1.29. The fourth-order valence-corrected chi connectivity index (χ4v) is 4.94. The average Bonchev–Trinajstić information content (AvgIpc) is 3.31. The van der Waals surface area contributed by atoms with Crippen LogP contribution in [0, 0.1) is 0 Å². The molecule has 0 atom stereocenters. The van der Waals surface area contributed by atoms with Crippen LogP contribution < -0.4 is 4.90 Å². The van der Waals surface area contributed by atoms with Gasteiger partial charge in [-0.2, -0.15) is 5.11 Å². The van der Waals surface area contributed by atoms with E-state index in [1.165, 1.54) is 0 Å². The van der Waals surface area contributed by atoms with Gasteiger partial charge in [0, 0.05) is 29.7 Å². The third kappa shape index (κ3) is 4.57. The Morgan fingerprint density at radius 1 is 0.757 bits per heavy atom. The lowest BCUT2D eigenvalue weighted by Gasteiger charge is -2.23. The number of fused-ring (bicyclic) bond motifs is 2. The number of rotatable bonds is 4. The second-order valence-corrected chi connectivity index (χ2v) is 9.30. The second kappa shape index (κ2) is 9.88. The van der Waals surface area contributed by atoms with Crippen LogP contribution in [0.3, 0.4) is 0 Å². The van der Waals surface area contributed by atoms with Crippen molar-refractivity contribution in [3.63, 3.8) is 0 Å². The summed E-state index contributed by atoms with van der Waals surface area (Å²) in [5, 5.41) is 9.25. The number of nitrogens with zero attached hydrogens (tertiary/aromatic N) is 4. The summed E-state index contributed by atoms with van der Waals surface area (Å²) in [6.45, 7) is 1.19. The minimum absolute atomic E-state index is 0.148. The zero-order valence-corrected chi connectivity index (χ0v) is 20.7. The molecule has 4 aromatic carbocycles. The molecule has 2 heterocycles. The standard InChI is InChI=1S/C31H23ClN4O/c32-28-19-24(33-34-29-14-6-5-13-26(29)22-9-2-1-3-10-22)16-17-27(28)31(37)36-21-25-12-8-18-35(25)20-23-11-4-7-15-30(23)36/h1-19H,20-21H2/b34-33+. The molecule has 1 aromatic heterocycles. The highest BCUT2D eigenvalue weighted by Crippen LogP contribution is 2.34. The molecule has 1 aliphatic rings. The van der Waals surface area contributed by atoms with Gasteiger partial charge >= 0.3 is 0 Å². The number of carbonyl (C=O) groups is 1. The summed E-state index contributed by atoms with van der Waals surface area (Å²) in [4.78, 5) is 15.5. The van der Waals surface area contributed by atoms with Crippen molar-refractivity contribution >= 4 is 34.6 Å². The van der Waals surface area contributed by atoms with Crippen LogP contribution in [0.2, 0.25) is 5.02 Å². The van der Waals surface area contributed by atoms with Gasteiger partial charge in [-0.05, 0) is 53.6 Å². The molecule has 1 aliphatic heterocycles. The highest BCUT2D eigenvalue weighted by atomic mass is 35.5. The molecule has 5 aromatic rings. The molecule has 0 saturated carbocycles. The van der Waals surface area contributed by atoms with Gasteiger partial charge in [-0.15, -0.1) is 5.11 Å². The minimum Gasteiger partial charge on any atom is -0.345 e. The van der Waals surface area contributed by atoms with Crippen molar-refractivity contribution in [1.29, 1.82) is 0 Å². The van der Waals surface area contributed by atoms with E-state index in [4.69, 9.17) is 11.6 Å². The smallest absolute Gasteiger partial charge is 0.260 e. The van der Waals surface area contributed by atoms with Crippen molar-refractivity contribution in [3.05, 3.63) is 137 Å². The maximum atomic E-state index is 13.7. The molecule has 6 heteroatoms. The zero-order chi connectivity index (χ0) is 25.2. The number of hydrogen-bond acceptors (Lipinski definition) is 3. The summed E-state index contributed by atoms with van der Waals surface area (Å²) >= 11 is 6.65. The first kappa shape index (κ1) is 23.0. The van der Waals surface area contributed by atoms with Crippen molar-refractivity contribution in [2.24, 2.45) is 10.2 Å². The summed E-state index contributed by atoms with van der Waals surface area (Å²) < 4.78 is 2.17. The van der Waals surface area contributed by atoms with Gasteiger partial charge in [0.2, 0.25) is 0 Å². The molecule has 0 N–H and O–H groups in total. The van der Waals surface area contributed by atoms with Crippen LogP contribution in [-0.4, -0.2) is 10.5 Å². The van der Waals surface area contributed by atoms with Crippen LogP contribution in [0.25, 0.3) is 11.1 Å². The van der Waals surface area contributed by atoms with Crippen LogP contribution in [-0.2, 0) is 13.1 Å². The fourth-order valence-electron chi connectivity index (χ4n) is 4.69. The Bertz CT molecular complexity index is 1620. The van der Waals surface area contributed by atoms with E-state index in [1.54, 1.807) is 23.1 Å². The number of benzene rings is 4. The van der Waals surface area contributed by atoms with Crippen LogP contribution in [0.15, 0.2) is 126 Å². The summed E-state index contributed by atoms with van der Waals surface area (Å²) in [6, 6.07) is 35.2. The largest absolute Gasteiger partial charge is 0.345 e. The van der Waals surface area contributed by atoms with E-state index >= 15 is 0 Å². The maximum absolute atomic E-state index is 13.7. The Morgan fingerprint density at radius 2 is 1.54 bits per heavy atom. The lowest BCUT2D eigenvalue weighted by Crippen LogP contribution is -2.30. The summed E-state index contributed by atoms with van der Waals surface area (Å²) in [5.74, 6) is -0.148. The van der Waals surface area contributed by atoms with Gasteiger partial charge in [0.25, 0.3) is 5.91 Å². The number of aromatic nitrogens is 1. The molecule has 0 bridgehead atoms. The van der Waals surface area contributed by atoms with Crippen molar-refractivity contribution < 1.29 is 4.79 Å². The topological polar surface area (TPSA) is 50.0 Å². The van der Waals surface area contributed by atoms with E-state index in [0.717, 1.165) is 40.3 Å². The predicted octanol–water partition coefficient (Wildman–Crippen LogP) is 8.43. The molecule has 0 spiro atoms. The van der Waals surface area contributed by atoms with Gasteiger partial charge in [-0.3, -0.25) is 4.79 Å². The number of anilines is 1. The van der Waals surface area contributed by atoms with Crippen LogP contribution >= 0.6 is 11.6 Å². The lowest BCUT2D eigenvalue weighted by molar-refractivity contribution is 0.0985. The number of hydrogen-bond donors (Lipinski definition) is 0. The van der Waals surface area contributed by atoms with E-state index in [-0.39, 0.29) is 5.91 Å². The summed E-state index contributed by atoms with van der Waals surface area (Å²) in [7, 11) is 0. The van der Waals surface area contributed by atoms with Gasteiger partial charge in [0.15, 0.2) is 0 Å². The highest BCUT2D eigenvalue weighted by Gasteiger charge is 2.26. The Morgan fingerprint density at radius 3 is 2.41 bits per heavy atom. The highest BCUT2D eigenvalue weighted by molar-refractivity contribution is 6.34. The van der Waals surface area contributed by atoms with Crippen molar-refractivity contribution in [2.75, 3.05) is 4.90 Å². The van der Waals surface area contributed by atoms with Crippen molar-refractivity contribution in [1.82, 2.24) is 4.57 Å². The third-order valence-corrected chi connectivity index (χ3v) is 6.87. The first-order valence-electron chi connectivity index (χ1n) is 12.1. The Kier molecular flexibility index (Phi) is 6.13. The molecule has 5 nitrogen and oxygen atoms in total. The molecule has 0 fully saturated rings. The number of para-hydroxylation sites is 1. The van der Waals surface area contributed by atoms with Crippen LogP contribution in [0.1, 0.15) is 21.6 Å². The summed E-state index contributed by atoms with van der Waals surface area (Å²) in [6.07, 6.45) is 2.04. The first-order valence-corrected chi connectivity index (χ1v) is 12.4. The maximum Gasteiger partial charge on any atom is 0.260 e. The van der Waals surface area contributed by atoms with Gasteiger partial charge in [-0.25, -0.2) is 0 Å².